The lowest BCUT2D eigenvalue weighted by molar-refractivity contribution is -0.115. The molecule has 0 aromatic carbocycles. The van der Waals surface area contributed by atoms with Crippen LogP contribution in [0.15, 0.2) is 21.9 Å². The molecule has 0 fully saturated rings. The molecule has 1 N–H and O–H groups in total. The number of oxazole rings is 1. The fourth-order valence-corrected chi connectivity index (χ4v) is 3.54. The highest BCUT2D eigenvalue weighted by Gasteiger charge is 2.16. The van der Waals surface area contributed by atoms with Gasteiger partial charge in [0.2, 0.25) is 16.9 Å². The first-order valence-corrected chi connectivity index (χ1v) is 8.97. The lowest BCUT2D eigenvalue weighted by Crippen LogP contribution is -2.15. The summed E-state index contributed by atoms with van der Waals surface area (Å²) in [5.41, 5.74) is 0.643. The summed E-state index contributed by atoms with van der Waals surface area (Å²) in [4.78, 5) is 17.5. The zero-order valence-corrected chi connectivity index (χ0v) is 14.5. The van der Waals surface area contributed by atoms with Crippen LogP contribution in [0.3, 0.4) is 0 Å². The Balaban J connectivity index is 1.65. The third-order valence-corrected chi connectivity index (χ3v) is 4.89. The average Bonchev–Trinajstić information content (AvgIpc) is 3.22. The molecule has 8 heteroatoms. The number of nitrogens with zero attached hydrogens (tertiary/aromatic N) is 3. The van der Waals surface area contributed by atoms with Gasteiger partial charge in [-0.2, -0.15) is 0 Å². The standard InChI is InChI=1S/C15H16N4O2S2/c1-3-5-13-18-19-15(23-13)17-12(20)8-10-9(2)21-14(16-10)11-6-4-7-22-11/h4,6-7H,3,5,8H2,1-2H3,(H,17,19,20). The lowest BCUT2D eigenvalue weighted by atomic mass is 10.2. The number of amides is 1. The first-order chi connectivity index (χ1) is 11.2. The van der Waals surface area contributed by atoms with Crippen molar-refractivity contribution in [2.24, 2.45) is 0 Å². The summed E-state index contributed by atoms with van der Waals surface area (Å²) in [6.45, 7) is 3.90. The Morgan fingerprint density at radius 3 is 3.00 bits per heavy atom. The van der Waals surface area contributed by atoms with E-state index in [2.05, 4.69) is 27.4 Å². The number of carbonyl (C=O) groups excluding carboxylic acids is 1. The topological polar surface area (TPSA) is 80.9 Å². The Labute approximate surface area is 141 Å². The van der Waals surface area contributed by atoms with E-state index in [1.165, 1.54) is 11.3 Å². The minimum absolute atomic E-state index is 0.156. The van der Waals surface area contributed by atoms with Gasteiger partial charge in [-0.1, -0.05) is 24.3 Å². The molecule has 6 nitrogen and oxygen atoms in total. The van der Waals surface area contributed by atoms with E-state index in [1.54, 1.807) is 11.3 Å². The van der Waals surface area contributed by atoms with Crippen LogP contribution in [-0.2, 0) is 17.6 Å². The van der Waals surface area contributed by atoms with E-state index in [0.717, 1.165) is 22.7 Å². The number of thiophene rings is 1. The zero-order valence-electron chi connectivity index (χ0n) is 12.8. The largest absolute Gasteiger partial charge is 0.440 e. The molecule has 0 spiro atoms. The molecule has 0 aliphatic rings. The van der Waals surface area contributed by atoms with Gasteiger partial charge in [0.15, 0.2) is 0 Å². The van der Waals surface area contributed by atoms with Gasteiger partial charge in [-0.3, -0.25) is 4.79 Å². The molecule has 3 rings (SSSR count). The molecule has 120 valence electrons. The van der Waals surface area contributed by atoms with Gasteiger partial charge in [0.1, 0.15) is 10.8 Å². The predicted octanol–water partition coefficient (Wildman–Crippen LogP) is 3.70. The van der Waals surface area contributed by atoms with Crippen LogP contribution in [0.2, 0.25) is 0 Å². The van der Waals surface area contributed by atoms with Crippen LogP contribution in [0.1, 0.15) is 29.8 Å². The van der Waals surface area contributed by atoms with Gasteiger partial charge in [0.05, 0.1) is 17.0 Å². The van der Waals surface area contributed by atoms with Crippen LogP contribution in [-0.4, -0.2) is 21.1 Å². The molecule has 23 heavy (non-hydrogen) atoms. The average molecular weight is 348 g/mol. The van der Waals surface area contributed by atoms with Gasteiger partial charge in [0.25, 0.3) is 0 Å². The molecule has 0 atom stereocenters. The number of hydrogen-bond donors (Lipinski definition) is 1. The van der Waals surface area contributed by atoms with E-state index >= 15 is 0 Å². The van der Waals surface area contributed by atoms with Crippen molar-refractivity contribution in [1.82, 2.24) is 15.2 Å². The van der Waals surface area contributed by atoms with E-state index in [0.29, 0.717) is 22.5 Å². The van der Waals surface area contributed by atoms with E-state index in [4.69, 9.17) is 4.42 Å². The van der Waals surface area contributed by atoms with Crippen molar-refractivity contribution in [2.75, 3.05) is 5.32 Å². The van der Waals surface area contributed by atoms with Crippen LogP contribution in [0, 0.1) is 6.92 Å². The molecular weight excluding hydrogens is 332 g/mol. The van der Waals surface area contributed by atoms with Crippen molar-refractivity contribution < 1.29 is 9.21 Å². The van der Waals surface area contributed by atoms with Gasteiger partial charge in [-0.05, 0) is 24.8 Å². The Morgan fingerprint density at radius 1 is 1.39 bits per heavy atom. The van der Waals surface area contributed by atoms with Crippen molar-refractivity contribution in [3.05, 3.63) is 34.0 Å². The summed E-state index contributed by atoms with van der Waals surface area (Å²) in [5, 5.41) is 14.2. The number of anilines is 1. The number of carbonyl (C=O) groups is 1. The first kappa shape index (κ1) is 15.8. The molecule has 0 saturated carbocycles. The molecule has 0 aliphatic carbocycles. The summed E-state index contributed by atoms with van der Waals surface area (Å²) in [7, 11) is 0. The molecule has 1 amide bonds. The molecule has 0 radical (unpaired) electrons. The smallest absolute Gasteiger partial charge is 0.236 e. The van der Waals surface area contributed by atoms with E-state index < -0.39 is 0 Å². The summed E-state index contributed by atoms with van der Waals surface area (Å²) >= 11 is 2.96. The lowest BCUT2D eigenvalue weighted by Gasteiger charge is -1.98. The van der Waals surface area contributed by atoms with E-state index in [-0.39, 0.29) is 12.3 Å². The monoisotopic (exact) mass is 348 g/mol. The molecule has 0 aliphatic heterocycles. The Hall–Kier alpha value is -2.06. The highest BCUT2D eigenvalue weighted by Crippen LogP contribution is 2.26. The van der Waals surface area contributed by atoms with Crippen LogP contribution in [0.4, 0.5) is 5.13 Å². The van der Waals surface area contributed by atoms with Crippen molar-refractivity contribution in [3.63, 3.8) is 0 Å². The molecule has 3 aromatic rings. The number of hydrogen-bond acceptors (Lipinski definition) is 7. The fourth-order valence-electron chi connectivity index (χ4n) is 2.03. The highest BCUT2D eigenvalue weighted by molar-refractivity contribution is 7.15. The second-order valence-corrected chi connectivity index (χ2v) is 6.98. The molecule has 0 bridgehead atoms. The summed E-state index contributed by atoms with van der Waals surface area (Å²) in [6.07, 6.45) is 2.04. The molecule has 0 unspecified atom stereocenters. The molecule has 0 saturated heterocycles. The van der Waals surface area contributed by atoms with Crippen LogP contribution in [0.5, 0.6) is 0 Å². The maximum atomic E-state index is 12.1. The Morgan fingerprint density at radius 2 is 2.26 bits per heavy atom. The summed E-state index contributed by atoms with van der Waals surface area (Å²) < 4.78 is 5.64. The van der Waals surface area contributed by atoms with Crippen LogP contribution in [0.25, 0.3) is 10.8 Å². The van der Waals surface area contributed by atoms with Crippen LogP contribution >= 0.6 is 22.7 Å². The number of nitrogens with one attached hydrogen (secondary N) is 1. The second-order valence-electron chi connectivity index (χ2n) is 4.98. The normalized spacial score (nSPS) is 10.9. The second kappa shape index (κ2) is 7.01. The van der Waals surface area contributed by atoms with Crippen molar-refractivity contribution in [2.45, 2.75) is 33.1 Å². The van der Waals surface area contributed by atoms with Crippen molar-refractivity contribution in [3.8, 4) is 10.8 Å². The zero-order chi connectivity index (χ0) is 16.2. The van der Waals surface area contributed by atoms with E-state index in [9.17, 15) is 4.79 Å². The van der Waals surface area contributed by atoms with Gasteiger partial charge in [0, 0.05) is 6.42 Å². The third-order valence-electron chi connectivity index (χ3n) is 3.13. The number of aromatic nitrogens is 3. The van der Waals surface area contributed by atoms with Crippen molar-refractivity contribution in [1.29, 1.82) is 0 Å². The Kier molecular flexibility index (Phi) is 4.82. The minimum atomic E-state index is -0.168. The SMILES string of the molecule is CCCc1nnc(NC(=O)Cc2nc(-c3cccs3)oc2C)s1. The molecule has 3 heterocycles. The third kappa shape index (κ3) is 3.83. The van der Waals surface area contributed by atoms with Gasteiger partial charge in [-0.25, -0.2) is 4.98 Å². The van der Waals surface area contributed by atoms with Gasteiger partial charge < -0.3 is 9.73 Å². The number of rotatable bonds is 6. The minimum Gasteiger partial charge on any atom is -0.440 e. The van der Waals surface area contributed by atoms with Gasteiger partial charge in [-0.15, -0.1) is 21.5 Å². The first-order valence-electron chi connectivity index (χ1n) is 7.28. The number of aryl methyl sites for hydroxylation is 2. The summed E-state index contributed by atoms with van der Waals surface area (Å²) in [5.74, 6) is 1.05. The maximum Gasteiger partial charge on any atom is 0.236 e. The Bertz CT molecular complexity index is 792. The van der Waals surface area contributed by atoms with Gasteiger partial charge >= 0.3 is 0 Å². The quantitative estimate of drug-likeness (QED) is 0.734. The molecule has 3 aromatic heterocycles. The molecular formula is C15H16N4O2S2. The predicted molar refractivity (Wildman–Crippen MR) is 90.8 cm³/mol. The van der Waals surface area contributed by atoms with E-state index in [1.807, 2.05) is 24.4 Å². The summed E-state index contributed by atoms with van der Waals surface area (Å²) in [6, 6.07) is 3.88. The maximum absolute atomic E-state index is 12.1. The highest BCUT2D eigenvalue weighted by atomic mass is 32.1. The fraction of sp³-hybridized carbons (Fsp3) is 0.333. The van der Waals surface area contributed by atoms with Crippen molar-refractivity contribution >= 4 is 33.7 Å². The van der Waals surface area contributed by atoms with Crippen LogP contribution < -0.4 is 5.32 Å².